The van der Waals surface area contributed by atoms with Crippen LogP contribution in [0, 0.1) is 0 Å². The molecule has 3 heterocycles. The highest BCUT2D eigenvalue weighted by Gasteiger charge is 2.30. The van der Waals surface area contributed by atoms with Crippen LogP contribution in [0.2, 0.25) is 0 Å². The number of alkyl halides is 3. The van der Waals surface area contributed by atoms with Crippen LogP contribution < -0.4 is 5.56 Å². The van der Waals surface area contributed by atoms with Crippen molar-refractivity contribution in [2.24, 2.45) is 0 Å². The van der Waals surface area contributed by atoms with Gasteiger partial charge in [0, 0.05) is 5.56 Å². The minimum atomic E-state index is -4.44. The lowest BCUT2D eigenvalue weighted by Gasteiger charge is -2.05. The molecule has 0 unspecified atom stereocenters. The highest BCUT2D eigenvalue weighted by atomic mass is 19.4. The Morgan fingerprint density at radius 1 is 1.03 bits per heavy atom. The molecular formula is C22H16F3N7O2. The van der Waals surface area contributed by atoms with E-state index < -0.39 is 17.3 Å². The van der Waals surface area contributed by atoms with E-state index in [0.717, 1.165) is 24.2 Å². The highest BCUT2D eigenvalue weighted by molar-refractivity contribution is 5.70. The van der Waals surface area contributed by atoms with Crippen LogP contribution in [0.15, 0.2) is 64.2 Å². The molecule has 34 heavy (non-hydrogen) atoms. The van der Waals surface area contributed by atoms with Gasteiger partial charge in [0.25, 0.3) is 5.56 Å². The van der Waals surface area contributed by atoms with E-state index in [9.17, 15) is 18.0 Å². The molecule has 0 radical (unpaired) electrons. The summed E-state index contributed by atoms with van der Waals surface area (Å²) < 4.78 is 46.1. The summed E-state index contributed by atoms with van der Waals surface area (Å²) >= 11 is 0. The van der Waals surface area contributed by atoms with Crippen molar-refractivity contribution in [3.63, 3.8) is 0 Å². The zero-order valence-corrected chi connectivity index (χ0v) is 17.7. The van der Waals surface area contributed by atoms with Crippen molar-refractivity contribution < 1.29 is 17.7 Å². The molecule has 0 saturated heterocycles. The number of fused-ring (bicyclic) bond motifs is 1. The quantitative estimate of drug-likeness (QED) is 0.389. The van der Waals surface area contributed by atoms with E-state index in [4.69, 9.17) is 4.52 Å². The maximum Gasteiger partial charge on any atom is 0.416 e. The third kappa shape index (κ3) is 3.93. The first kappa shape index (κ1) is 21.5. The summed E-state index contributed by atoms with van der Waals surface area (Å²) in [7, 11) is 0. The van der Waals surface area contributed by atoms with Gasteiger partial charge in [0.05, 0.1) is 11.3 Å². The lowest BCUT2D eigenvalue weighted by atomic mass is 10.1. The average molecular weight is 467 g/mol. The van der Waals surface area contributed by atoms with Crippen molar-refractivity contribution in [3.05, 3.63) is 82.2 Å². The molecule has 0 aliphatic rings. The summed E-state index contributed by atoms with van der Waals surface area (Å²) in [6.45, 7) is 1.97. The smallest absolute Gasteiger partial charge is 0.337 e. The minimum Gasteiger partial charge on any atom is -0.337 e. The first-order valence-electron chi connectivity index (χ1n) is 10.2. The van der Waals surface area contributed by atoms with Crippen LogP contribution in [0.25, 0.3) is 28.2 Å². The van der Waals surface area contributed by atoms with Crippen LogP contribution >= 0.6 is 0 Å². The fourth-order valence-electron chi connectivity index (χ4n) is 3.39. The van der Waals surface area contributed by atoms with E-state index >= 15 is 0 Å². The first-order chi connectivity index (χ1) is 16.3. The van der Waals surface area contributed by atoms with Gasteiger partial charge in [0.1, 0.15) is 12.9 Å². The Balaban J connectivity index is 1.40. The topological polar surface area (TPSA) is 105 Å². The van der Waals surface area contributed by atoms with Gasteiger partial charge in [-0.15, -0.1) is 5.10 Å². The van der Waals surface area contributed by atoms with Gasteiger partial charge in [-0.1, -0.05) is 41.6 Å². The van der Waals surface area contributed by atoms with E-state index in [-0.39, 0.29) is 23.8 Å². The van der Waals surface area contributed by atoms with Crippen LogP contribution in [0.3, 0.4) is 0 Å². The number of aryl methyl sites for hydroxylation is 1. The van der Waals surface area contributed by atoms with E-state index in [1.54, 1.807) is 0 Å². The van der Waals surface area contributed by atoms with Gasteiger partial charge in [-0.05, 0) is 36.2 Å². The Labute approximate surface area is 189 Å². The summed E-state index contributed by atoms with van der Waals surface area (Å²) in [5, 5.41) is 11.8. The predicted octanol–water partition coefficient (Wildman–Crippen LogP) is 3.66. The second-order valence-corrected chi connectivity index (χ2v) is 7.46. The zero-order chi connectivity index (χ0) is 23.9. The lowest BCUT2D eigenvalue weighted by molar-refractivity contribution is -0.137. The van der Waals surface area contributed by atoms with Crippen molar-refractivity contribution in [2.75, 3.05) is 0 Å². The Morgan fingerprint density at radius 2 is 1.76 bits per heavy atom. The molecule has 5 aromatic rings. The standard InChI is InChI=1S/C22H16F3N7O2/c1-2-13-3-9-16(10-4-13)32-20-18(28-30-32)21(33)31(12-26-20)11-17-27-19(29-34-17)14-5-7-15(8-6-14)22(23,24)25/h3-10,12H,2,11H2,1H3. The number of benzene rings is 2. The van der Waals surface area contributed by atoms with E-state index in [1.165, 1.54) is 33.3 Å². The molecule has 0 aliphatic carbocycles. The second-order valence-electron chi connectivity index (χ2n) is 7.46. The fourth-order valence-corrected chi connectivity index (χ4v) is 3.39. The largest absolute Gasteiger partial charge is 0.416 e. The SMILES string of the molecule is CCc1ccc(-n2nnc3c(=O)n(Cc4nc(-c5ccc(C(F)(F)F)cc5)no4)cnc32)cc1. The summed E-state index contributed by atoms with van der Waals surface area (Å²) in [5.74, 6) is 0.188. The molecular weight excluding hydrogens is 451 g/mol. The number of nitrogens with zero attached hydrogens (tertiary/aromatic N) is 7. The second kappa shape index (κ2) is 8.21. The molecule has 0 spiro atoms. The van der Waals surface area contributed by atoms with Crippen LogP contribution in [-0.2, 0) is 19.1 Å². The van der Waals surface area contributed by atoms with Crippen LogP contribution in [0.4, 0.5) is 13.2 Å². The minimum absolute atomic E-state index is 0.0737. The van der Waals surface area contributed by atoms with E-state index in [0.29, 0.717) is 11.2 Å². The Bertz CT molecular complexity index is 1520. The van der Waals surface area contributed by atoms with Gasteiger partial charge in [-0.25, -0.2) is 4.98 Å². The first-order valence-corrected chi connectivity index (χ1v) is 10.2. The third-order valence-corrected chi connectivity index (χ3v) is 5.26. The Morgan fingerprint density at radius 3 is 2.44 bits per heavy atom. The molecule has 0 N–H and O–H groups in total. The maximum atomic E-state index is 12.9. The summed E-state index contributed by atoms with van der Waals surface area (Å²) in [6, 6.07) is 12.1. The molecule has 2 aromatic carbocycles. The van der Waals surface area contributed by atoms with Crippen molar-refractivity contribution in [1.29, 1.82) is 0 Å². The highest BCUT2D eigenvalue weighted by Crippen LogP contribution is 2.30. The number of hydrogen-bond acceptors (Lipinski definition) is 7. The van der Waals surface area contributed by atoms with Crippen LogP contribution in [0.1, 0.15) is 23.9 Å². The fraction of sp³-hybridized carbons (Fsp3) is 0.182. The normalized spacial score (nSPS) is 11.9. The van der Waals surface area contributed by atoms with Crippen LogP contribution in [0.5, 0.6) is 0 Å². The molecule has 0 fully saturated rings. The lowest BCUT2D eigenvalue weighted by Crippen LogP contribution is -2.21. The Kier molecular flexibility index (Phi) is 5.19. The molecule has 0 amide bonds. The summed E-state index contributed by atoms with van der Waals surface area (Å²) in [4.78, 5) is 21.4. The molecule has 0 aliphatic heterocycles. The monoisotopic (exact) mass is 467 g/mol. The third-order valence-electron chi connectivity index (χ3n) is 5.26. The zero-order valence-electron chi connectivity index (χ0n) is 17.7. The van der Waals surface area contributed by atoms with E-state index in [1.807, 2.05) is 24.3 Å². The number of halogens is 3. The molecule has 0 atom stereocenters. The molecule has 12 heteroatoms. The number of aromatic nitrogens is 7. The van der Waals surface area contributed by atoms with Crippen LogP contribution in [-0.4, -0.2) is 34.7 Å². The van der Waals surface area contributed by atoms with Gasteiger partial charge >= 0.3 is 6.18 Å². The van der Waals surface area contributed by atoms with Gasteiger partial charge < -0.3 is 4.52 Å². The molecule has 172 valence electrons. The van der Waals surface area contributed by atoms with Crippen molar-refractivity contribution in [1.82, 2.24) is 34.7 Å². The Hall–Kier alpha value is -4.35. The van der Waals surface area contributed by atoms with Gasteiger partial charge in [0.2, 0.25) is 11.7 Å². The summed E-state index contributed by atoms with van der Waals surface area (Å²) in [6.07, 6.45) is -2.21. The molecule has 9 nitrogen and oxygen atoms in total. The summed E-state index contributed by atoms with van der Waals surface area (Å²) in [5.41, 5.74) is 1.39. The van der Waals surface area contributed by atoms with Crippen molar-refractivity contribution in [3.8, 4) is 17.1 Å². The molecule has 3 aromatic heterocycles. The molecule has 0 saturated carbocycles. The van der Waals surface area contributed by atoms with Gasteiger partial charge in [0.15, 0.2) is 11.2 Å². The maximum absolute atomic E-state index is 12.9. The van der Waals surface area contributed by atoms with Crippen molar-refractivity contribution in [2.45, 2.75) is 26.1 Å². The van der Waals surface area contributed by atoms with E-state index in [2.05, 4.69) is 32.4 Å². The number of hydrogen-bond donors (Lipinski definition) is 0. The number of rotatable bonds is 5. The molecule has 5 rings (SSSR count). The van der Waals surface area contributed by atoms with Gasteiger partial charge in [-0.2, -0.15) is 22.8 Å². The van der Waals surface area contributed by atoms with Crippen molar-refractivity contribution >= 4 is 11.2 Å². The molecule has 0 bridgehead atoms. The van der Waals surface area contributed by atoms with Gasteiger partial charge in [-0.3, -0.25) is 9.36 Å². The average Bonchev–Trinajstić information content (AvgIpc) is 3.48. The predicted molar refractivity (Wildman–Crippen MR) is 114 cm³/mol.